The summed E-state index contributed by atoms with van der Waals surface area (Å²) < 4.78 is 10.7. The van der Waals surface area contributed by atoms with Gasteiger partial charge in [0.05, 0.1) is 24.5 Å². The fourth-order valence-corrected chi connectivity index (χ4v) is 2.82. The lowest BCUT2D eigenvalue weighted by Crippen LogP contribution is -2.26. The van der Waals surface area contributed by atoms with E-state index in [2.05, 4.69) is 0 Å². The van der Waals surface area contributed by atoms with Crippen LogP contribution in [-0.4, -0.2) is 34.9 Å². The molecular weight excluding hydrogens is 288 g/mol. The van der Waals surface area contributed by atoms with E-state index in [1.165, 1.54) is 12.1 Å². The lowest BCUT2D eigenvalue weighted by atomic mass is 9.96. The molecule has 6 nitrogen and oxygen atoms in total. The molecule has 0 saturated carbocycles. The Labute approximate surface area is 127 Å². The summed E-state index contributed by atoms with van der Waals surface area (Å²) in [5.74, 6) is -0.799. The molecule has 0 fully saturated rings. The van der Waals surface area contributed by atoms with Crippen LogP contribution in [0.3, 0.4) is 0 Å². The molecule has 0 aliphatic carbocycles. The molecule has 2 aliphatic heterocycles. The van der Waals surface area contributed by atoms with Gasteiger partial charge in [0.1, 0.15) is 17.3 Å². The highest BCUT2D eigenvalue weighted by Gasteiger charge is 2.37. The lowest BCUT2D eigenvalue weighted by molar-refractivity contribution is -0.148. The van der Waals surface area contributed by atoms with Crippen LogP contribution < -0.4 is 4.74 Å². The summed E-state index contributed by atoms with van der Waals surface area (Å²) in [7, 11) is 0. The van der Waals surface area contributed by atoms with E-state index >= 15 is 0 Å². The maximum absolute atomic E-state index is 12.4. The molecule has 116 valence electrons. The van der Waals surface area contributed by atoms with Crippen molar-refractivity contribution in [2.75, 3.05) is 0 Å². The molecule has 0 spiro atoms. The zero-order valence-corrected chi connectivity index (χ0v) is 12.1. The van der Waals surface area contributed by atoms with Gasteiger partial charge in [0.25, 0.3) is 0 Å². The van der Waals surface area contributed by atoms with E-state index < -0.39 is 12.1 Å². The van der Waals surface area contributed by atoms with Crippen molar-refractivity contribution < 1.29 is 29.0 Å². The second-order valence-electron chi connectivity index (χ2n) is 5.71. The smallest absolute Gasteiger partial charge is 0.310 e. The Hall–Kier alpha value is -2.37. The molecule has 1 aromatic rings. The maximum atomic E-state index is 12.4. The molecule has 2 unspecified atom stereocenters. The number of fused-ring (bicyclic) bond motifs is 1. The highest BCUT2D eigenvalue weighted by atomic mass is 16.5. The standard InChI is InChI=1S/C16H16O6/c1-8-2-3-10(17)6-13-16(20)15-9(5-14(19)21-8)4-11(18)7-12(15)22-13/h4,7-8,13,18H,2-3,5-6H2,1H3. The van der Waals surface area contributed by atoms with Crippen LogP contribution in [0.25, 0.3) is 0 Å². The van der Waals surface area contributed by atoms with Gasteiger partial charge in [-0.2, -0.15) is 0 Å². The molecule has 2 atom stereocenters. The van der Waals surface area contributed by atoms with Gasteiger partial charge in [-0.05, 0) is 25.0 Å². The average molecular weight is 304 g/mol. The van der Waals surface area contributed by atoms with Gasteiger partial charge in [0.15, 0.2) is 6.10 Å². The third kappa shape index (κ3) is 2.68. The molecule has 0 aromatic heterocycles. The van der Waals surface area contributed by atoms with Crippen molar-refractivity contribution >= 4 is 17.5 Å². The number of phenols is 1. The normalized spacial score (nSPS) is 25.0. The SMILES string of the molecule is CC1CCC(=O)CC2Oc3cc(O)cc(c3C2=O)CC(=O)O1. The van der Waals surface area contributed by atoms with Gasteiger partial charge in [-0.15, -0.1) is 0 Å². The number of hydrogen-bond acceptors (Lipinski definition) is 6. The minimum atomic E-state index is -0.867. The molecule has 2 bridgehead atoms. The molecule has 0 amide bonds. The predicted octanol–water partition coefficient (Wildman–Crippen LogP) is 1.56. The molecule has 3 rings (SSSR count). The molecule has 0 radical (unpaired) electrons. The van der Waals surface area contributed by atoms with Crippen LogP contribution in [0.4, 0.5) is 0 Å². The van der Waals surface area contributed by atoms with Gasteiger partial charge >= 0.3 is 5.97 Å². The number of rotatable bonds is 0. The van der Waals surface area contributed by atoms with Crippen LogP contribution in [0.15, 0.2) is 12.1 Å². The Morgan fingerprint density at radius 3 is 2.73 bits per heavy atom. The summed E-state index contributed by atoms with van der Waals surface area (Å²) in [6.07, 6.45) is -0.705. The number of benzene rings is 1. The van der Waals surface area contributed by atoms with Crippen LogP contribution in [0, 0.1) is 0 Å². The molecule has 0 saturated heterocycles. The zero-order chi connectivity index (χ0) is 15.9. The van der Waals surface area contributed by atoms with Crippen molar-refractivity contribution in [2.24, 2.45) is 0 Å². The third-order valence-corrected chi connectivity index (χ3v) is 3.89. The minimum absolute atomic E-state index is 0.00557. The Kier molecular flexibility index (Phi) is 3.60. The minimum Gasteiger partial charge on any atom is -0.508 e. The number of esters is 1. The largest absolute Gasteiger partial charge is 0.508 e. The number of Topliss-reactive ketones (excluding diaryl/α,β-unsaturated/α-hetero) is 2. The van der Waals surface area contributed by atoms with Crippen molar-refractivity contribution in [2.45, 2.75) is 44.8 Å². The number of carbonyl (C=O) groups is 3. The molecule has 2 heterocycles. The zero-order valence-electron chi connectivity index (χ0n) is 12.1. The van der Waals surface area contributed by atoms with Gasteiger partial charge in [-0.1, -0.05) is 0 Å². The number of aromatic hydroxyl groups is 1. The average Bonchev–Trinajstić information content (AvgIpc) is 2.72. The van der Waals surface area contributed by atoms with Gasteiger partial charge in [-0.3, -0.25) is 14.4 Å². The van der Waals surface area contributed by atoms with Crippen molar-refractivity contribution in [1.29, 1.82) is 0 Å². The first-order valence-electron chi connectivity index (χ1n) is 7.22. The van der Waals surface area contributed by atoms with Crippen molar-refractivity contribution in [1.82, 2.24) is 0 Å². The number of carbonyl (C=O) groups excluding carboxylic acids is 3. The molecule has 1 aromatic carbocycles. The highest BCUT2D eigenvalue weighted by Crippen LogP contribution is 2.37. The topological polar surface area (TPSA) is 89.9 Å². The van der Waals surface area contributed by atoms with Gasteiger partial charge < -0.3 is 14.6 Å². The highest BCUT2D eigenvalue weighted by molar-refractivity contribution is 6.08. The molecular formula is C16H16O6. The third-order valence-electron chi connectivity index (χ3n) is 3.89. The Balaban J connectivity index is 2.02. The number of phenolic OH excluding ortho intramolecular Hbond substituents is 1. The van der Waals surface area contributed by atoms with Crippen molar-refractivity contribution in [3.8, 4) is 11.5 Å². The van der Waals surface area contributed by atoms with E-state index in [1.807, 2.05) is 0 Å². The number of ether oxygens (including phenoxy) is 2. The fraction of sp³-hybridized carbons (Fsp3) is 0.438. The van der Waals surface area contributed by atoms with Gasteiger partial charge in [0, 0.05) is 12.5 Å². The van der Waals surface area contributed by atoms with Crippen LogP contribution >= 0.6 is 0 Å². The second-order valence-corrected chi connectivity index (χ2v) is 5.71. The van der Waals surface area contributed by atoms with Gasteiger partial charge in [-0.25, -0.2) is 0 Å². The predicted molar refractivity (Wildman–Crippen MR) is 75.0 cm³/mol. The van der Waals surface area contributed by atoms with E-state index in [4.69, 9.17) is 9.47 Å². The Morgan fingerprint density at radius 1 is 1.18 bits per heavy atom. The number of cyclic esters (lactones) is 1. The monoisotopic (exact) mass is 304 g/mol. The van der Waals surface area contributed by atoms with E-state index in [1.54, 1.807) is 6.92 Å². The van der Waals surface area contributed by atoms with Crippen molar-refractivity contribution in [3.05, 3.63) is 23.3 Å². The van der Waals surface area contributed by atoms with Crippen LogP contribution in [0.5, 0.6) is 11.5 Å². The fourth-order valence-electron chi connectivity index (χ4n) is 2.82. The number of hydrogen-bond donors (Lipinski definition) is 1. The molecule has 22 heavy (non-hydrogen) atoms. The summed E-state index contributed by atoms with van der Waals surface area (Å²) in [4.78, 5) is 36.3. The first kappa shape index (κ1) is 14.6. The first-order valence-corrected chi connectivity index (χ1v) is 7.22. The van der Waals surface area contributed by atoms with E-state index in [0.717, 1.165) is 0 Å². The van der Waals surface area contributed by atoms with Gasteiger partial charge in [0.2, 0.25) is 5.78 Å². The second kappa shape index (κ2) is 5.44. The van der Waals surface area contributed by atoms with Crippen LogP contribution in [-0.2, 0) is 20.7 Å². The summed E-state index contributed by atoms with van der Waals surface area (Å²) in [5, 5.41) is 9.73. The van der Waals surface area contributed by atoms with E-state index in [0.29, 0.717) is 12.0 Å². The van der Waals surface area contributed by atoms with E-state index in [9.17, 15) is 19.5 Å². The Bertz CT molecular complexity index is 663. The van der Waals surface area contributed by atoms with Crippen LogP contribution in [0.2, 0.25) is 0 Å². The maximum Gasteiger partial charge on any atom is 0.310 e. The molecule has 2 aliphatic rings. The summed E-state index contributed by atoms with van der Waals surface area (Å²) >= 11 is 0. The summed E-state index contributed by atoms with van der Waals surface area (Å²) in [5.41, 5.74) is 0.633. The summed E-state index contributed by atoms with van der Waals surface area (Å²) in [6.45, 7) is 1.73. The number of ketones is 2. The van der Waals surface area contributed by atoms with E-state index in [-0.39, 0.29) is 54.0 Å². The lowest BCUT2D eigenvalue weighted by Gasteiger charge is -2.15. The first-order chi connectivity index (χ1) is 10.4. The van der Waals surface area contributed by atoms with Crippen molar-refractivity contribution in [3.63, 3.8) is 0 Å². The Morgan fingerprint density at radius 2 is 1.95 bits per heavy atom. The van der Waals surface area contributed by atoms with Crippen LogP contribution in [0.1, 0.15) is 42.1 Å². The quantitative estimate of drug-likeness (QED) is 0.732. The molecule has 1 N–H and O–H groups in total. The molecule has 6 heteroatoms. The summed E-state index contributed by atoms with van der Waals surface area (Å²) in [6, 6.07) is 2.69.